The van der Waals surface area contributed by atoms with Crippen LogP contribution in [0.2, 0.25) is 0 Å². The summed E-state index contributed by atoms with van der Waals surface area (Å²) in [5.74, 6) is 0. The number of hydrogen-bond acceptors (Lipinski definition) is 1. The van der Waals surface area contributed by atoms with E-state index in [1.807, 2.05) is 0 Å². The van der Waals surface area contributed by atoms with Crippen LogP contribution in [0.5, 0.6) is 0 Å². The molecule has 0 aromatic rings. The van der Waals surface area contributed by atoms with E-state index >= 15 is 0 Å². The topological polar surface area (TPSA) is 12.5 Å². The molecule has 0 unspecified atom stereocenters. The van der Waals surface area contributed by atoms with E-state index < -0.39 is 0 Å². The maximum atomic E-state index is 4.50. The van der Waals surface area contributed by atoms with Crippen LogP contribution in [0.3, 0.4) is 0 Å². The predicted octanol–water partition coefficient (Wildman–Crippen LogP) is -1.93. The van der Waals surface area contributed by atoms with Crippen molar-refractivity contribution in [3.63, 3.8) is 0 Å². The molecule has 1 heterocycles. The molecule has 0 atom stereocenters. The third-order valence-electron chi connectivity index (χ3n) is 0.204. The average Bonchev–Trinajstić information content (AvgIpc) is 1.46. The summed E-state index contributed by atoms with van der Waals surface area (Å²) < 4.78 is 4.50. The molecule has 1 aliphatic heterocycles. The van der Waals surface area contributed by atoms with Crippen molar-refractivity contribution in [1.82, 2.24) is 0 Å². The molecule has 0 spiro atoms. The van der Waals surface area contributed by atoms with Crippen LogP contribution in [0.1, 0.15) is 0 Å². The van der Waals surface area contributed by atoms with E-state index in [1.165, 1.54) is 0 Å². The summed E-state index contributed by atoms with van der Waals surface area (Å²) in [7, 11) is 0. The molecule has 0 saturated carbocycles. The summed E-state index contributed by atoms with van der Waals surface area (Å²) in [6.45, 7) is 2.00. The van der Waals surface area contributed by atoms with Gasteiger partial charge in [0, 0.05) is 0 Å². The first-order valence-electron chi connectivity index (χ1n) is 1.08. The molecule has 24 valence electrons. The minimum absolute atomic E-state index is 0. The van der Waals surface area contributed by atoms with Crippen molar-refractivity contribution in [3.8, 4) is 0 Å². The fourth-order valence-electron chi connectivity index (χ4n) is 0. The molecule has 1 rings (SSSR count). The predicted molar refractivity (Wildman–Crippen MR) is 32.3 cm³/mol. The van der Waals surface area contributed by atoms with Gasteiger partial charge in [-0.3, -0.25) is 0 Å². The van der Waals surface area contributed by atoms with E-state index in [0.717, 1.165) is 13.2 Å². The molecule has 0 aromatic carbocycles. The third kappa shape index (κ3) is 15.8. The van der Waals surface area contributed by atoms with E-state index in [1.54, 1.807) is 0 Å². The molecular weight excluding hydrogens is 109 g/mol. The zero-order valence-corrected chi connectivity index (χ0v) is 1.82. The van der Waals surface area contributed by atoms with Gasteiger partial charge in [-0.1, -0.05) is 0 Å². The second-order valence-corrected chi connectivity index (χ2v) is 0.612. The van der Waals surface area contributed by atoms with Gasteiger partial charge in [0.1, 0.15) is 0 Å². The van der Waals surface area contributed by atoms with Crippen LogP contribution in [-0.2, 0) is 4.74 Å². The summed E-state index contributed by atoms with van der Waals surface area (Å²) in [6, 6.07) is 0. The van der Waals surface area contributed by atoms with Gasteiger partial charge in [0.15, 0.2) is 0 Å². The van der Waals surface area contributed by atoms with Crippen molar-refractivity contribution in [3.05, 3.63) is 0 Å². The zero-order valence-electron chi connectivity index (χ0n) is 1.82. The molecule has 0 aromatic heterocycles. The van der Waals surface area contributed by atoms with Gasteiger partial charge in [0.05, 0.1) is 13.2 Å². The molecule has 0 amide bonds. The van der Waals surface area contributed by atoms with Gasteiger partial charge in [-0.05, 0) is 0 Å². The normalized spacial score (nSPS) is 12.0. The van der Waals surface area contributed by atoms with Crippen LogP contribution in [-0.4, -0.2) is 102 Å². The second kappa shape index (κ2) is 10.9. The molecule has 0 radical (unpaired) electrons. The minimum atomic E-state index is 0. The maximum absolute atomic E-state index is 4.50. The van der Waals surface area contributed by atoms with Gasteiger partial charge >= 0.3 is 88.7 Å². The fraction of sp³-hybridized carbons (Fsp3) is 1.00. The molecule has 1 fully saturated rings. The summed E-state index contributed by atoms with van der Waals surface area (Å²) in [5.41, 5.74) is 0. The Balaban J connectivity index is -0.0000000300. The van der Waals surface area contributed by atoms with Crippen molar-refractivity contribution in [2.45, 2.75) is 0 Å². The van der Waals surface area contributed by atoms with Crippen LogP contribution in [0.25, 0.3) is 0 Å². The van der Waals surface area contributed by atoms with Gasteiger partial charge in [0.25, 0.3) is 0 Å². The van der Waals surface area contributed by atoms with Crippen LogP contribution < -0.4 is 0 Å². The number of epoxide rings is 1. The number of ether oxygens (including phenoxy) is 1. The first-order valence-corrected chi connectivity index (χ1v) is 1.08. The molecule has 0 aliphatic carbocycles. The van der Waals surface area contributed by atoms with Crippen LogP contribution in [0, 0.1) is 0 Å². The number of rotatable bonds is 0. The van der Waals surface area contributed by atoms with Crippen molar-refractivity contribution < 1.29 is 4.74 Å². The SMILES string of the molecule is C1CO1.[NaH].[NaH].[NaH]. The Bertz CT molecular complexity index is 13.5. The quantitative estimate of drug-likeness (QED) is 0.265. The van der Waals surface area contributed by atoms with Crippen LogP contribution in [0.4, 0.5) is 0 Å². The van der Waals surface area contributed by atoms with Crippen molar-refractivity contribution in [2.75, 3.05) is 13.2 Å². The number of hydrogen-bond donors (Lipinski definition) is 0. The molecule has 0 bridgehead atoms. The summed E-state index contributed by atoms with van der Waals surface area (Å²) in [4.78, 5) is 0. The van der Waals surface area contributed by atoms with Gasteiger partial charge in [-0.2, -0.15) is 0 Å². The van der Waals surface area contributed by atoms with Crippen molar-refractivity contribution in [1.29, 1.82) is 0 Å². The van der Waals surface area contributed by atoms with Crippen molar-refractivity contribution >= 4 is 88.7 Å². The molecular formula is C2H7Na3O. The van der Waals surface area contributed by atoms with E-state index in [2.05, 4.69) is 4.74 Å². The standard InChI is InChI=1S/C2H4O.3Na.3H/c1-2-3-1;;;;;;/h1-2H2;;;;;;. The van der Waals surface area contributed by atoms with Crippen LogP contribution >= 0.6 is 0 Å². The molecule has 1 saturated heterocycles. The Morgan fingerprint density at radius 2 is 1.00 bits per heavy atom. The van der Waals surface area contributed by atoms with E-state index in [-0.39, 0.29) is 88.7 Å². The Morgan fingerprint density at radius 1 is 0.833 bits per heavy atom. The fourth-order valence-corrected chi connectivity index (χ4v) is 0. The first kappa shape index (κ1) is 16.0. The molecule has 4 heteroatoms. The zero-order chi connectivity index (χ0) is 2.12. The Kier molecular flexibility index (Phi) is 28.9. The van der Waals surface area contributed by atoms with E-state index in [4.69, 9.17) is 0 Å². The molecule has 0 N–H and O–H groups in total. The summed E-state index contributed by atoms with van der Waals surface area (Å²) in [5, 5.41) is 0. The molecule has 1 aliphatic rings. The average molecular weight is 116 g/mol. The summed E-state index contributed by atoms with van der Waals surface area (Å²) >= 11 is 0. The van der Waals surface area contributed by atoms with E-state index in [0.29, 0.717) is 0 Å². The Morgan fingerprint density at radius 3 is 1.00 bits per heavy atom. The van der Waals surface area contributed by atoms with Gasteiger partial charge in [0.2, 0.25) is 0 Å². The van der Waals surface area contributed by atoms with E-state index in [9.17, 15) is 0 Å². The molecule has 1 nitrogen and oxygen atoms in total. The second-order valence-electron chi connectivity index (χ2n) is 0.612. The first-order chi connectivity index (χ1) is 1.50. The van der Waals surface area contributed by atoms with Gasteiger partial charge in [-0.15, -0.1) is 0 Å². The summed E-state index contributed by atoms with van der Waals surface area (Å²) in [6.07, 6.45) is 0. The van der Waals surface area contributed by atoms with Crippen molar-refractivity contribution in [2.24, 2.45) is 0 Å². The monoisotopic (exact) mass is 116 g/mol. The van der Waals surface area contributed by atoms with Gasteiger partial charge in [-0.25, -0.2) is 0 Å². The Hall–Kier alpha value is 2.96. The van der Waals surface area contributed by atoms with Crippen LogP contribution in [0.15, 0.2) is 0 Å². The molecule has 6 heavy (non-hydrogen) atoms. The Labute approximate surface area is 104 Å². The third-order valence-corrected chi connectivity index (χ3v) is 0.204. The van der Waals surface area contributed by atoms with Gasteiger partial charge < -0.3 is 4.74 Å².